The van der Waals surface area contributed by atoms with Gasteiger partial charge in [-0.3, -0.25) is 24.0 Å². The lowest BCUT2D eigenvalue weighted by atomic mass is 10.1. The van der Waals surface area contributed by atoms with Gasteiger partial charge >= 0.3 is 0 Å². The van der Waals surface area contributed by atoms with Gasteiger partial charge < -0.3 is 31.8 Å². The van der Waals surface area contributed by atoms with E-state index in [4.69, 9.17) is 15.9 Å². The molecule has 0 unspecified atom stereocenters. The van der Waals surface area contributed by atoms with Crippen LogP contribution in [-0.4, -0.2) is 54.8 Å². The SMILES string of the molecule is COc1ccc(CNC(=O)[C@H](CCC(=O)C=N)NC(=O)[C@H](CC(N)=O)NC(C)=O)cc1. The number of methoxy groups -OCH3 is 1. The van der Waals surface area contributed by atoms with Gasteiger partial charge in [0, 0.05) is 19.9 Å². The normalized spacial score (nSPS) is 12.1. The molecule has 0 spiro atoms. The van der Waals surface area contributed by atoms with E-state index in [1.807, 2.05) is 0 Å². The van der Waals surface area contributed by atoms with Crippen molar-refractivity contribution in [1.82, 2.24) is 16.0 Å². The highest BCUT2D eigenvalue weighted by Crippen LogP contribution is 2.11. The minimum absolute atomic E-state index is 0.0717. The zero-order valence-electron chi connectivity index (χ0n) is 17.4. The number of carbonyl (C=O) groups excluding carboxylic acids is 5. The molecule has 0 heterocycles. The van der Waals surface area contributed by atoms with Gasteiger partial charge in [0.25, 0.3) is 0 Å². The number of primary amides is 1. The Kier molecular flexibility index (Phi) is 10.4. The first kappa shape index (κ1) is 25.3. The number of benzene rings is 1. The third kappa shape index (κ3) is 9.52. The Labute approximate surface area is 179 Å². The van der Waals surface area contributed by atoms with Crippen molar-refractivity contribution in [2.45, 2.75) is 44.8 Å². The van der Waals surface area contributed by atoms with Crippen LogP contribution in [0.15, 0.2) is 24.3 Å². The average Bonchev–Trinajstić information content (AvgIpc) is 2.73. The van der Waals surface area contributed by atoms with Crippen molar-refractivity contribution < 1.29 is 28.7 Å². The van der Waals surface area contributed by atoms with Crippen molar-refractivity contribution in [1.29, 1.82) is 5.41 Å². The van der Waals surface area contributed by atoms with Gasteiger partial charge in [-0.1, -0.05) is 12.1 Å². The van der Waals surface area contributed by atoms with E-state index < -0.39 is 47.9 Å². The summed E-state index contributed by atoms with van der Waals surface area (Å²) in [7, 11) is 1.53. The van der Waals surface area contributed by atoms with Crippen LogP contribution in [0.4, 0.5) is 0 Å². The molecule has 0 bridgehead atoms. The predicted molar refractivity (Wildman–Crippen MR) is 111 cm³/mol. The molecule has 2 atom stereocenters. The fourth-order valence-corrected chi connectivity index (χ4v) is 2.61. The standard InChI is InChI=1S/C20H27N5O6/c1-12(26)24-17(9-18(22)28)20(30)25-16(8-5-14(27)10-21)19(29)23-11-13-3-6-15(31-2)7-4-13/h3-4,6-7,10,16-17,21H,5,8-9,11H2,1-2H3,(H2,22,28)(H,23,29)(H,24,26)(H,25,30)/t16-,17-/m0/s1. The van der Waals surface area contributed by atoms with Crippen LogP contribution in [0.2, 0.25) is 0 Å². The number of nitrogens with two attached hydrogens (primary N) is 1. The van der Waals surface area contributed by atoms with Crippen LogP contribution in [0.5, 0.6) is 5.75 Å². The molecule has 31 heavy (non-hydrogen) atoms. The lowest BCUT2D eigenvalue weighted by molar-refractivity contribution is -0.133. The van der Waals surface area contributed by atoms with Crippen LogP contribution < -0.4 is 26.4 Å². The topological polar surface area (TPSA) is 181 Å². The number of rotatable bonds is 13. The molecule has 0 fully saturated rings. The Morgan fingerprint density at radius 2 is 1.71 bits per heavy atom. The van der Waals surface area contributed by atoms with Crippen molar-refractivity contribution in [2.24, 2.45) is 5.73 Å². The summed E-state index contributed by atoms with van der Waals surface area (Å²) in [6.07, 6.45) is -0.0465. The highest BCUT2D eigenvalue weighted by molar-refractivity contribution is 6.26. The summed E-state index contributed by atoms with van der Waals surface area (Å²) in [4.78, 5) is 59.2. The van der Waals surface area contributed by atoms with E-state index in [2.05, 4.69) is 16.0 Å². The van der Waals surface area contributed by atoms with E-state index in [0.717, 1.165) is 5.56 Å². The molecule has 0 saturated heterocycles. The number of amides is 4. The highest BCUT2D eigenvalue weighted by atomic mass is 16.5. The summed E-state index contributed by atoms with van der Waals surface area (Å²) in [6.45, 7) is 1.33. The average molecular weight is 433 g/mol. The Hall–Kier alpha value is -3.76. The largest absolute Gasteiger partial charge is 0.497 e. The minimum Gasteiger partial charge on any atom is -0.497 e. The maximum atomic E-state index is 12.6. The van der Waals surface area contributed by atoms with Crippen molar-refractivity contribution in [3.05, 3.63) is 29.8 Å². The van der Waals surface area contributed by atoms with Crippen molar-refractivity contribution in [3.63, 3.8) is 0 Å². The van der Waals surface area contributed by atoms with Gasteiger partial charge in [0.15, 0.2) is 5.78 Å². The second-order valence-corrected chi connectivity index (χ2v) is 6.70. The zero-order valence-corrected chi connectivity index (χ0v) is 17.4. The first-order valence-corrected chi connectivity index (χ1v) is 9.46. The Morgan fingerprint density at radius 1 is 1.06 bits per heavy atom. The Balaban J connectivity index is 2.86. The highest BCUT2D eigenvalue weighted by Gasteiger charge is 2.27. The molecule has 1 aromatic rings. The van der Waals surface area contributed by atoms with Crippen LogP contribution in [0, 0.1) is 5.41 Å². The lowest BCUT2D eigenvalue weighted by Gasteiger charge is -2.22. The summed E-state index contributed by atoms with van der Waals surface area (Å²) in [6, 6.07) is 4.58. The molecule has 6 N–H and O–H groups in total. The molecule has 1 rings (SSSR count). The second kappa shape index (κ2) is 12.7. The summed E-state index contributed by atoms with van der Waals surface area (Å²) in [5.41, 5.74) is 5.90. The summed E-state index contributed by atoms with van der Waals surface area (Å²) in [5.74, 6) is -2.58. The summed E-state index contributed by atoms with van der Waals surface area (Å²) < 4.78 is 5.07. The van der Waals surface area contributed by atoms with Gasteiger partial charge in [-0.05, 0) is 24.1 Å². The molecular formula is C20H27N5O6. The molecule has 0 radical (unpaired) electrons. The maximum Gasteiger partial charge on any atom is 0.243 e. The lowest BCUT2D eigenvalue weighted by Crippen LogP contribution is -2.54. The smallest absolute Gasteiger partial charge is 0.243 e. The fraction of sp³-hybridized carbons (Fsp3) is 0.400. The molecule has 0 saturated carbocycles. The van der Waals surface area contributed by atoms with Gasteiger partial charge in [-0.15, -0.1) is 0 Å². The fourth-order valence-electron chi connectivity index (χ4n) is 2.61. The first-order chi connectivity index (χ1) is 14.7. The predicted octanol–water partition coefficient (Wildman–Crippen LogP) is -0.825. The molecule has 0 aliphatic rings. The number of hydrogen-bond acceptors (Lipinski definition) is 7. The van der Waals surface area contributed by atoms with Crippen molar-refractivity contribution >= 4 is 35.6 Å². The second-order valence-electron chi connectivity index (χ2n) is 6.70. The monoisotopic (exact) mass is 433 g/mol. The number of nitrogens with one attached hydrogen (secondary N) is 4. The minimum atomic E-state index is -1.26. The van der Waals surface area contributed by atoms with Gasteiger partial charge in [0.05, 0.1) is 19.7 Å². The van der Waals surface area contributed by atoms with Gasteiger partial charge in [0.2, 0.25) is 23.6 Å². The molecular weight excluding hydrogens is 406 g/mol. The van der Waals surface area contributed by atoms with E-state index in [9.17, 15) is 24.0 Å². The van der Waals surface area contributed by atoms with Crippen molar-refractivity contribution in [2.75, 3.05) is 7.11 Å². The van der Waals surface area contributed by atoms with E-state index in [1.165, 1.54) is 14.0 Å². The third-order valence-electron chi connectivity index (χ3n) is 4.20. The Bertz CT molecular complexity index is 808. The number of ether oxygens (including phenoxy) is 1. The molecule has 1 aromatic carbocycles. The third-order valence-corrected chi connectivity index (χ3v) is 4.20. The molecule has 11 nitrogen and oxygen atoms in total. The first-order valence-electron chi connectivity index (χ1n) is 9.46. The summed E-state index contributed by atoms with van der Waals surface area (Å²) >= 11 is 0. The van der Waals surface area contributed by atoms with Crippen LogP contribution in [0.25, 0.3) is 0 Å². The van der Waals surface area contributed by atoms with E-state index >= 15 is 0 Å². The van der Waals surface area contributed by atoms with Crippen LogP contribution in [0.3, 0.4) is 0 Å². The maximum absolute atomic E-state index is 12.6. The molecule has 168 valence electrons. The number of hydrogen-bond donors (Lipinski definition) is 5. The molecule has 0 aliphatic carbocycles. The molecule has 0 aliphatic heterocycles. The number of ketones is 1. The van der Waals surface area contributed by atoms with Crippen LogP contribution >= 0.6 is 0 Å². The van der Waals surface area contributed by atoms with Crippen LogP contribution in [0.1, 0.15) is 31.7 Å². The van der Waals surface area contributed by atoms with E-state index in [-0.39, 0.29) is 19.4 Å². The molecule has 0 aromatic heterocycles. The van der Waals surface area contributed by atoms with Crippen LogP contribution in [-0.2, 0) is 30.5 Å². The molecule has 11 heteroatoms. The van der Waals surface area contributed by atoms with Gasteiger partial charge in [-0.2, -0.15) is 0 Å². The number of Topliss-reactive ketones (excluding diaryl/α,β-unsaturated/α-hetero) is 1. The van der Waals surface area contributed by atoms with E-state index in [0.29, 0.717) is 12.0 Å². The zero-order chi connectivity index (χ0) is 23.4. The van der Waals surface area contributed by atoms with Crippen molar-refractivity contribution in [3.8, 4) is 5.75 Å². The quantitative estimate of drug-likeness (QED) is 0.253. The van der Waals surface area contributed by atoms with Gasteiger partial charge in [0.1, 0.15) is 17.8 Å². The van der Waals surface area contributed by atoms with Gasteiger partial charge in [-0.25, -0.2) is 0 Å². The molecule has 4 amide bonds. The Morgan fingerprint density at radius 3 is 2.23 bits per heavy atom. The van der Waals surface area contributed by atoms with E-state index in [1.54, 1.807) is 24.3 Å². The number of carbonyl (C=O) groups is 5. The summed E-state index contributed by atoms with van der Waals surface area (Å²) in [5, 5.41) is 14.4.